The third kappa shape index (κ3) is 2.51. The minimum Gasteiger partial charge on any atom is -0.340 e. The van der Waals surface area contributed by atoms with Gasteiger partial charge in [0.15, 0.2) is 0 Å². The zero-order valence-corrected chi connectivity index (χ0v) is 12.5. The van der Waals surface area contributed by atoms with E-state index in [0.29, 0.717) is 0 Å². The van der Waals surface area contributed by atoms with E-state index >= 15 is 0 Å². The molecule has 4 heteroatoms. The predicted molar refractivity (Wildman–Crippen MR) is 85.9 cm³/mol. The number of benzene rings is 1. The number of rotatable bonds is 4. The lowest BCUT2D eigenvalue weighted by molar-refractivity contribution is 0.967. The Bertz CT molecular complexity index is 719. The maximum absolute atomic E-state index is 4.65. The Balaban J connectivity index is 2.09. The van der Waals surface area contributed by atoms with E-state index in [9.17, 15) is 0 Å². The fourth-order valence-electron chi connectivity index (χ4n) is 2.10. The quantitative estimate of drug-likeness (QED) is 0.762. The van der Waals surface area contributed by atoms with Gasteiger partial charge in [-0.3, -0.25) is 0 Å². The molecule has 3 nitrogen and oxygen atoms in total. The molecule has 102 valence electrons. The number of fused-ring (bicyclic) bond motifs is 1. The van der Waals surface area contributed by atoms with E-state index in [1.165, 1.54) is 4.88 Å². The third-order valence-corrected chi connectivity index (χ3v) is 4.36. The van der Waals surface area contributed by atoms with E-state index in [1.54, 1.807) is 11.3 Å². The number of nitrogens with zero attached hydrogens (tertiary/aromatic N) is 2. The number of aryl methyl sites for hydroxylation is 2. The predicted octanol–water partition coefficient (Wildman–Crippen LogP) is 4.56. The van der Waals surface area contributed by atoms with Crippen molar-refractivity contribution in [3.8, 4) is 0 Å². The second kappa shape index (κ2) is 5.59. The molecule has 0 aliphatic carbocycles. The minimum atomic E-state index is 0.846. The fraction of sp³-hybridized carbons (Fsp3) is 0.250. The molecule has 0 bridgehead atoms. The van der Waals surface area contributed by atoms with Gasteiger partial charge in [-0.1, -0.05) is 32.0 Å². The maximum atomic E-state index is 4.65. The number of hydrogen-bond acceptors (Lipinski definition) is 4. The molecule has 1 N–H and O–H groups in total. The largest absolute Gasteiger partial charge is 0.340 e. The molecule has 0 radical (unpaired) electrons. The normalized spacial score (nSPS) is 10.9. The summed E-state index contributed by atoms with van der Waals surface area (Å²) >= 11 is 1.76. The number of hydrogen-bond donors (Lipinski definition) is 1. The molecule has 0 aliphatic heterocycles. The summed E-state index contributed by atoms with van der Waals surface area (Å²) in [6.07, 6.45) is 1.88. The Morgan fingerprint density at radius 1 is 1.05 bits per heavy atom. The van der Waals surface area contributed by atoms with Gasteiger partial charge in [0, 0.05) is 17.0 Å². The van der Waals surface area contributed by atoms with Crippen molar-refractivity contribution in [2.45, 2.75) is 26.7 Å². The molecule has 0 amide bonds. The Kier molecular flexibility index (Phi) is 3.65. The second-order valence-corrected chi connectivity index (χ2v) is 5.73. The zero-order chi connectivity index (χ0) is 13.9. The molecule has 0 aliphatic rings. The van der Waals surface area contributed by atoms with Crippen LogP contribution in [0.2, 0.25) is 0 Å². The molecule has 3 aromatic rings. The molecule has 0 atom stereocenters. The van der Waals surface area contributed by atoms with Crippen molar-refractivity contribution in [1.29, 1.82) is 0 Å². The van der Waals surface area contributed by atoms with Gasteiger partial charge >= 0.3 is 0 Å². The highest BCUT2D eigenvalue weighted by Crippen LogP contribution is 2.31. The van der Waals surface area contributed by atoms with Crippen molar-refractivity contribution in [3.05, 3.63) is 47.1 Å². The fourth-order valence-corrected chi connectivity index (χ4v) is 3.09. The van der Waals surface area contributed by atoms with E-state index in [4.69, 9.17) is 0 Å². The first-order chi connectivity index (χ1) is 9.80. The Hall–Kier alpha value is -1.94. The van der Waals surface area contributed by atoms with Crippen molar-refractivity contribution < 1.29 is 0 Å². The zero-order valence-electron chi connectivity index (χ0n) is 11.7. The van der Waals surface area contributed by atoms with Crippen LogP contribution in [-0.4, -0.2) is 9.97 Å². The molecule has 0 fully saturated rings. The molecule has 3 rings (SSSR count). The first-order valence-corrected chi connectivity index (χ1v) is 7.73. The molecule has 0 saturated heterocycles. The standard InChI is InChI=1S/C16H17N3S/c1-3-12-10-13-15(17-11-8-6-5-7-9-11)18-14(4-2)19-16(13)20-12/h5-10H,3-4H2,1-2H3,(H,17,18,19). The van der Waals surface area contributed by atoms with E-state index in [1.807, 2.05) is 30.3 Å². The molecule has 2 heterocycles. The summed E-state index contributed by atoms with van der Waals surface area (Å²) in [6, 6.07) is 12.3. The highest BCUT2D eigenvalue weighted by Gasteiger charge is 2.10. The van der Waals surface area contributed by atoms with Crippen LogP contribution in [0.15, 0.2) is 36.4 Å². The number of nitrogens with one attached hydrogen (secondary N) is 1. The van der Waals surface area contributed by atoms with Gasteiger partial charge in [0.25, 0.3) is 0 Å². The number of thiophene rings is 1. The summed E-state index contributed by atoms with van der Waals surface area (Å²) in [4.78, 5) is 11.7. The number of para-hydroxylation sites is 1. The lowest BCUT2D eigenvalue weighted by Crippen LogP contribution is -1.99. The topological polar surface area (TPSA) is 37.8 Å². The van der Waals surface area contributed by atoms with E-state index in [2.05, 4.69) is 35.2 Å². The lowest BCUT2D eigenvalue weighted by Gasteiger charge is -2.08. The SMILES string of the molecule is CCc1nc(Nc2ccccc2)c2cc(CC)sc2n1. The van der Waals surface area contributed by atoms with Gasteiger partial charge in [-0.2, -0.15) is 0 Å². The van der Waals surface area contributed by atoms with Crippen LogP contribution < -0.4 is 5.32 Å². The van der Waals surface area contributed by atoms with Crippen LogP contribution >= 0.6 is 11.3 Å². The van der Waals surface area contributed by atoms with Crippen LogP contribution in [0.25, 0.3) is 10.2 Å². The molecule has 0 unspecified atom stereocenters. The third-order valence-electron chi connectivity index (χ3n) is 3.19. The molecule has 1 aromatic carbocycles. The summed E-state index contributed by atoms with van der Waals surface area (Å²) in [5, 5.41) is 4.53. The number of anilines is 2. The van der Waals surface area contributed by atoms with Gasteiger partial charge in [0.05, 0.1) is 5.39 Å². The van der Waals surface area contributed by atoms with Gasteiger partial charge in [-0.05, 0) is 24.6 Å². The van der Waals surface area contributed by atoms with Gasteiger partial charge in [0.1, 0.15) is 16.5 Å². The van der Waals surface area contributed by atoms with Crippen molar-refractivity contribution in [2.75, 3.05) is 5.32 Å². The lowest BCUT2D eigenvalue weighted by atomic mass is 10.2. The molecule has 0 saturated carbocycles. The van der Waals surface area contributed by atoms with Gasteiger partial charge in [0.2, 0.25) is 0 Å². The summed E-state index contributed by atoms with van der Waals surface area (Å²) in [5.74, 6) is 1.80. The van der Waals surface area contributed by atoms with Crippen molar-refractivity contribution in [3.63, 3.8) is 0 Å². The maximum Gasteiger partial charge on any atom is 0.142 e. The molecular weight excluding hydrogens is 266 g/mol. The monoisotopic (exact) mass is 283 g/mol. The highest BCUT2D eigenvalue weighted by molar-refractivity contribution is 7.18. The molecule has 2 aromatic heterocycles. The number of aromatic nitrogens is 2. The van der Waals surface area contributed by atoms with E-state index < -0.39 is 0 Å². The minimum absolute atomic E-state index is 0.846. The molecule has 0 spiro atoms. The molecular formula is C16H17N3S. The van der Waals surface area contributed by atoms with E-state index in [0.717, 1.165) is 40.4 Å². The van der Waals surface area contributed by atoms with Crippen molar-refractivity contribution in [2.24, 2.45) is 0 Å². The summed E-state index contributed by atoms with van der Waals surface area (Å²) < 4.78 is 0. The van der Waals surface area contributed by atoms with Crippen LogP contribution in [0.5, 0.6) is 0 Å². The highest BCUT2D eigenvalue weighted by atomic mass is 32.1. The van der Waals surface area contributed by atoms with Crippen LogP contribution in [0, 0.1) is 0 Å². The van der Waals surface area contributed by atoms with Gasteiger partial charge in [-0.25, -0.2) is 9.97 Å². The van der Waals surface area contributed by atoms with Crippen LogP contribution in [0.1, 0.15) is 24.5 Å². The summed E-state index contributed by atoms with van der Waals surface area (Å²) in [6.45, 7) is 4.25. The van der Waals surface area contributed by atoms with Gasteiger partial charge < -0.3 is 5.32 Å². The average molecular weight is 283 g/mol. The first-order valence-electron chi connectivity index (χ1n) is 6.91. The van der Waals surface area contributed by atoms with Gasteiger partial charge in [-0.15, -0.1) is 11.3 Å². The first kappa shape index (κ1) is 13.1. The Morgan fingerprint density at radius 3 is 2.55 bits per heavy atom. The van der Waals surface area contributed by atoms with Crippen LogP contribution in [0.3, 0.4) is 0 Å². The summed E-state index contributed by atoms with van der Waals surface area (Å²) in [5.41, 5.74) is 1.05. The Labute approximate surface area is 122 Å². The van der Waals surface area contributed by atoms with Crippen LogP contribution in [-0.2, 0) is 12.8 Å². The van der Waals surface area contributed by atoms with Crippen molar-refractivity contribution in [1.82, 2.24) is 9.97 Å². The van der Waals surface area contributed by atoms with Crippen LogP contribution in [0.4, 0.5) is 11.5 Å². The second-order valence-electron chi connectivity index (χ2n) is 4.62. The smallest absolute Gasteiger partial charge is 0.142 e. The average Bonchev–Trinajstić information content (AvgIpc) is 2.91. The van der Waals surface area contributed by atoms with Crippen molar-refractivity contribution >= 4 is 33.1 Å². The Morgan fingerprint density at radius 2 is 1.85 bits per heavy atom. The summed E-state index contributed by atoms with van der Waals surface area (Å²) in [7, 11) is 0. The van der Waals surface area contributed by atoms with E-state index in [-0.39, 0.29) is 0 Å². The molecule has 20 heavy (non-hydrogen) atoms.